The zero-order chi connectivity index (χ0) is 17.6. The Morgan fingerprint density at radius 2 is 1.76 bits per heavy atom. The molecule has 25 heavy (non-hydrogen) atoms. The molecule has 2 aromatic rings. The molecule has 1 aliphatic rings. The van der Waals surface area contributed by atoms with Crippen LogP contribution in [0.15, 0.2) is 47.3 Å². The Hall–Kier alpha value is -2.47. The van der Waals surface area contributed by atoms with Crippen molar-refractivity contribution in [2.45, 2.75) is 26.4 Å². The normalized spacial score (nSPS) is 15.3. The third kappa shape index (κ3) is 4.33. The molecule has 1 aromatic carbocycles. The maximum absolute atomic E-state index is 12.7. The Morgan fingerprint density at radius 1 is 1.04 bits per heavy atom. The van der Waals surface area contributed by atoms with Crippen LogP contribution in [-0.2, 0) is 13.1 Å². The summed E-state index contributed by atoms with van der Waals surface area (Å²) in [7, 11) is 0. The molecule has 1 aliphatic heterocycles. The molecule has 0 aliphatic carbocycles. The van der Waals surface area contributed by atoms with Gasteiger partial charge in [0.2, 0.25) is 0 Å². The van der Waals surface area contributed by atoms with Gasteiger partial charge in [-0.1, -0.05) is 37.3 Å². The minimum absolute atomic E-state index is 0.0933. The van der Waals surface area contributed by atoms with Crippen LogP contribution in [0.4, 0.5) is 0 Å². The number of hydrogen-bond acceptors (Lipinski definition) is 4. The number of amides is 1. The van der Waals surface area contributed by atoms with Gasteiger partial charge < -0.3 is 4.90 Å². The van der Waals surface area contributed by atoms with E-state index in [2.05, 4.69) is 22.1 Å². The standard InChI is InChI=1S/C19H24N4O2/c1-2-10-23-18(24)9-8-17(20-23)19(25)22-13-11-21(12-14-22)15-16-6-4-3-5-7-16/h3-9H,2,10-15H2,1H3. The van der Waals surface area contributed by atoms with Gasteiger partial charge in [0.1, 0.15) is 5.69 Å². The van der Waals surface area contributed by atoms with Crippen LogP contribution in [0.25, 0.3) is 0 Å². The van der Waals surface area contributed by atoms with Gasteiger partial charge in [0.15, 0.2) is 0 Å². The summed E-state index contributed by atoms with van der Waals surface area (Å²) in [4.78, 5) is 28.6. The first kappa shape index (κ1) is 17.4. The predicted octanol–water partition coefficient (Wildman–Crippen LogP) is 1.61. The SMILES string of the molecule is CCCn1nc(C(=O)N2CCN(Cc3ccccc3)CC2)ccc1=O. The van der Waals surface area contributed by atoms with Crippen LogP contribution in [-0.4, -0.2) is 51.7 Å². The number of piperazine rings is 1. The molecule has 0 saturated carbocycles. The van der Waals surface area contributed by atoms with E-state index in [0.717, 1.165) is 26.1 Å². The lowest BCUT2D eigenvalue weighted by Crippen LogP contribution is -2.48. The monoisotopic (exact) mass is 340 g/mol. The summed E-state index contributed by atoms with van der Waals surface area (Å²) in [5.74, 6) is -0.0933. The number of aromatic nitrogens is 2. The fourth-order valence-electron chi connectivity index (χ4n) is 3.05. The molecule has 0 atom stereocenters. The molecule has 2 heterocycles. The van der Waals surface area contributed by atoms with Gasteiger partial charge in [-0.15, -0.1) is 0 Å². The number of aryl methyl sites for hydroxylation is 1. The maximum atomic E-state index is 12.7. The third-order valence-electron chi connectivity index (χ3n) is 4.43. The summed E-state index contributed by atoms with van der Waals surface area (Å²) in [6, 6.07) is 13.3. The average molecular weight is 340 g/mol. The smallest absolute Gasteiger partial charge is 0.274 e. The topological polar surface area (TPSA) is 58.4 Å². The predicted molar refractivity (Wildman–Crippen MR) is 96.4 cm³/mol. The van der Waals surface area contributed by atoms with Crippen LogP contribution in [0.2, 0.25) is 0 Å². The first-order valence-electron chi connectivity index (χ1n) is 8.81. The van der Waals surface area contributed by atoms with Crippen molar-refractivity contribution in [3.8, 4) is 0 Å². The van der Waals surface area contributed by atoms with Crippen LogP contribution < -0.4 is 5.56 Å². The van der Waals surface area contributed by atoms with Gasteiger partial charge in [-0.3, -0.25) is 14.5 Å². The fraction of sp³-hybridized carbons (Fsp3) is 0.421. The lowest BCUT2D eigenvalue weighted by Gasteiger charge is -2.34. The van der Waals surface area contributed by atoms with Crippen LogP contribution in [0.3, 0.4) is 0 Å². The highest BCUT2D eigenvalue weighted by Gasteiger charge is 2.23. The van der Waals surface area contributed by atoms with Crippen molar-refractivity contribution in [2.24, 2.45) is 0 Å². The van der Waals surface area contributed by atoms with E-state index >= 15 is 0 Å². The first-order chi connectivity index (χ1) is 12.2. The van der Waals surface area contributed by atoms with E-state index in [1.165, 1.54) is 22.4 Å². The van der Waals surface area contributed by atoms with Crippen molar-refractivity contribution < 1.29 is 4.79 Å². The van der Waals surface area contributed by atoms with E-state index in [1.54, 1.807) is 0 Å². The molecule has 1 aromatic heterocycles. The zero-order valence-electron chi connectivity index (χ0n) is 14.6. The van der Waals surface area contributed by atoms with Gasteiger partial charge in [-0.2, -0.15) is 5.10 Å². The molecular formula is C19H24N4O2. The van der Waals surface area contributed by atoms with Gasteiger partial charge in [0.25, 0.3) is 11.5 Å². The molecule has 6 heteroatoms. The third-order valence-corrected chi connectivity index (χ3v) is 4.43. The van der Waals surface area contributed by atoms with E-state index in [9.17, 15) is 9.59 Å². The Balaban J connectivity index is 1.60. The summed E-state index contributed by atoms with van der Waals surface area (Å²) in [5, 5.41) is 4.22. The van der Waals surface area contributed by atoms with Crippen molar-refractivity contribution in [2.75, 3.05) is 26.2 Å². The number of carbonyl (C=O) groups excluding carboxylic acids is 1. The molecule has 1 amide bonds. The molecule has 0 radical (unpaired) electrons. The van der Waals surface area contributed by atoms with Gasteiger partial charge in [-0.25, -0.2) is 4.68 Å². The van der Waals surface area contributed by atoms with Crippen molar-refractivity contribution in [3.05, 3.63) is 64.1 Å². The Bertz CT molecular complexity index is 764. The second-order valence-electron chi connectivity index (χ2n) is 6.33. The van der Waals surface area contributed by atoms with Crippen LogP contribution in [0.5, 0.6) is 0 Å². The zero-order valence-corrected chi connectivity index (χ0v) is 14.6. The highest BCUT2D eigenvalue weighted by atomic mass is 16.2. The summed E-state index contributed by atoms with van der Waals surface area (Å²) in [5.41, 5.74) is 1.48. The van der Waals surface area contributed by atoms with Crippen LogP contribution in [0, 0.1) is 0 Å². The molecule has 3 rings (SSSR count). The second-order valence-corrected chi connectivity index (χ2v) is 6.33. The van der Waals surface area contributed by atoms with E-state index in [-0.39, 0.29) is 11.5 Å². The van der Waals surface area contributed by atoms with E-state index in [0.29, 0.717) is 25.3 Å². The largest absolute Gasteiger partial charge is 0.335 e. The molecule has 0 unspecified atom stereocenters. The first-order valence-corrected chi connectivity index (χ1v) is 8.81. The molecule has 0 spiro atoms. The molecule has 1 saturated heterocycles. The molecule has 0 N–H and O–H groups in total. The summed E-state index contributed by atoms with van der Waals surface area (Å²) in [6.45, 7) is 6.47. The van der Waals surface area contributed by atoms with Gasteiger partial charge in [-0.05, 0) is 18.1 Å². The van der Waals surface area contributed by atoms with Crippen molar-refractivity contribution in [3.63, 3.8) is 0 Å². The summed E-state index contributed by atoms with van der Waals surface area (Å²) in [6.07, 6.45) is 0.808. The van der Waals surface area contributed by atoms with Gasteiger partial charge >= 0.3 is 0 Å². The number of benzene rings is 1. The molecular weight excluding hydrogens is 316 g/mol. The van der Waals surface area contributed by atoms with E-state index < -0.39 is 0 Å². The lowest BCUT2D eigenvalue weighted by atomic mass is 10.2. The minimum atomic E-state index is -0.161. The second kappa shape index (κ2) is 8.07. The average Bonchev–Trinajstić information content (AvgIpc) is 2.65. The molecule has 0 bridgehead atoms. The van der Waals surface area contributed by atoms with Crippen molar-refractivity contribution in [1.82, 2.24) is 19.6 Å². The summed E-state index contributed by atoms with van der Waals surface area (Å²) >= 11 is 0. The van der Waals surface area contributed by atoms with Crippen LogP contribution in [0.1, 0.15) is 29.4 Å². The highest BCUT2D eigenvalue weighted by molar-refractivity contribution is 5.92. The lowest BCUT2D eigenvalue weighted by molar-refractivity contribution is 0.0620. The molecule has 132 valence electrons. The quantitative estimate of drug-likeness (QED) is 0.830. The number of carbonyl (C=O) groups is 1. The number of nitrogens with zero attached hydrogens (tertiary/aromatic N) is 4. The fourth-order valence-corrected chi connectivity index (χ4v) is 3.05. The minimum Gasteiger partial charge on any atom is -0.335 e. The maximum Gasteiger partial charge on any atom is 0.274 e. The van der Waals surface area contributed by atoms with Crippen molar-refractivity contribution >= 4 is 5.91 Å². The van der Waals surface area contributed by atoms with Crippen LogP contribution >= 0.6 is 0 Å². The Morgan fingerprint density at radius 3 is 2.44 bits per heavy atom. The molecule has 1 fully saturated rings. The summed E-state index contributed by atoms with van der Waals surface area (Å²) < 4.78 is 1.37. The highest BCUT2D eigenvalue weighted by Crippen LogP contribution is 2.10. The molecule has 6 nitrogen and oxygen atoms in total. The van der Waals surface area contributed by atoms with Gasteiger partial charge in [0, 0.05) is 45.3 Å². The van der Waals surface area contributed by atoms with Crippen molar-refractivity contribution in [1.29, 1.82) is 0 Å². The Labute approximate surface area is 147 Å². The van der Waals surface area contributed by atoms with Gasteiger partial charge in [0.05, 0.1) is 0 Å². The Kier molecular flexibility index (Phi) is 5.60. The van der Waals surface area contributed by atoms with E-state index in [1.807, 2.05) is 30.0 Å². The number of rotatable bonds is 5. The van der Waals surface area contributed by atoms with E-state index in [4.69, 9.17) is 0 Å². The number of hydrogen-bond donors (Lipinski definition) is 0.